The van der Waals surface area contributed by atoms with Crippen LogP contribution >= 0.6 is 23.2 Å². The second kappa shape index (κ2) is 8.23. The van der Waals surface area contributed by atoms with Gasteiger partial charge in [-0.2, -0.15) is 0 Å². The molecule has 1 aromatic carbocycles. The fourth-order valence-corrected chi connectivity index (χ4v) is 3.99. The predicted octanol–water partition coefficient (Wildman–Crippen LogP) is 4.63. The summed E-state index contributed by atoms with van der Waals surface area (Å²) in [6.07, 6.45) is 5.30. The average Bonchev–Trinajstić information content (AvgIpc) is 2.37. The molecule has 1 rings (SSSR count). The van der Waals surface area contributed by atoms with E-state index in [1.807, 2.05) is 6.92 Å². The molecule has 0 bridgehead atoms. The summed E-state index contributed by atoms with van der Waals surface area (Å²) in [5.41, 5.74) is 0. The van der Waals surface area contributed by atoms with Gasteiger partial charge in [0.05, 0.1) is 5.02 Å². The SMILES string of the molecule is CCCCCCC(C)NS(=O)(=O)c1cc(Cl)ccc1Cl. The first-order chi connectivity index (χ1) is 9.36. The van der Waals surface area contributed by atoms with Gasteiger partial charge < -0.3 is 0 Å². The van der Waals surface area contributed by atoms with Crippen LogP contribution in [0.4, 0.5) is 0 Å². The van der Waals surface area contributed by atoms with Gasteiger partial charge in [-0.3, -0.25) is 0 Å². The molecule has 1 N–H and O–H groups in total. The van der Waals surface area contributed by atoms with Crippen LogP contribution in [0.25, 0.3) is 0 Å². The third-order valence-corrected chi connectivity index (χ3v) is 5.34. The Labute approximate surface area is 131 Å². The first-order valence-electron chi connectivity index (χ1n) is 6.84. The molecule has 1 aromatic rings. The molecule has 0 aromatic heterocycles. The van der Waals surface area contributed by atoms with E-state index in [1.165, 1.54) is 18.6 Å². The molecule has 0 heterocycles. The van der Waals surface area contributed by atoms with Crippen LogP contribution in [0.5, 0.6) is 0 Å². The van der Waals surface area contributed by atoms with Crippen molar-refractivity contribution in [2.75, 3.05) is 0 Å². The summed E-state index contributed by atoms with van der Waals surface area (Å²) < 4.78 is 27.1. The Morgan fingerprint density at radius 1 is 1.20 bits per heavy atom. The molecule has 0 amide bonds. The summed E-state index contributed by atoms with van der Waals surface area (Å²) >= 11 is 11.8. The van der Waals surface area contributed by atoms with E-state index in [-0.39, 0.29) is 16.0 Å². The van der Waals surface area contributed by atoms with Crippen LogP contribution < -0.4 is 4.72 Å². The highest BCUT2D eigenvalue weighted by Crippen LogP contribution is 2.25. The molecule has 0 aliphatic carbocycles. The van der Waals surface area contributed by atoms with Crippen molar-refractivity contribution in [3.8, 4) is 0 Å². The van der Waals surface area contributed by atoms with E-state index in [1.54, 1.807) is 6.07 Å². The Morgan fingerprint density at radius 2 is 1.90 bits per heavy atom. The number of rotatable bonds is 8. The quantitative estimate of drug-likeness (QED) is 0.703. The smallest absolute Gasteiger partial charge is 0.208 e. The van der Waals surface area contributed by atoms with Gasteiger partial charge in [0.15, 0.2) is 0 Å². The molecule has 6 heteroatoms. The van der Waals surface area contributed by atoms with Crippen molar-refractivity contribution in [3.63, 3.8) is 0 Å². The molecule has 1 atom stereocenters. The molecular formula is C14H21Cl2NO2S. The lowest BCUT2D eigenvalue weighted by atomic mass is 10.1. The fraction of sp³-hybridized carbons (Fsp3) is 0.571. The lowest BCUT2D eigenvalue weighted by molar-refractivity contribution is 0.522. The van der Waals surface area contributed by atoms with Crippen LogP contribution in [-0.2, 0) is 10.0 Å². The summed E-state index contributed by atoms with van der Waals surface area (Å²) in [5.74, 6) is 0. The zero-order valence-electron chi connectivity index (χ0n) is 11.8. The highest BCUT2D eigenvalue weighted by molar-refractivity contribution is 7.89. The van der Waals surface area contributed by atoms with Crippen molar-refractivity contribution in [3.05, 3.63) is 28.2 Å². The molecule has 20 heavy (non-hydrogen) atoms. The first-order valence-corrected chi connectivity index (χ1v) is 9.08. The molecule has 0 saturated carbocycles. The molecular weight excluding hydrogens is 317 g/mol. The van der Waals surface area contributed by atoms with E-state index < -0.39 is 10.0 Å². The molecule has 0 saturated heterocycles. The average molecular weight is 338 g/mol. The van der Waals surface area contributed by atoms with Gasteiger partial charge in [-0.25, -0.2) is 13.1 Å². The molecule has 0 aliphatic heterocycles. The van der Waals surface area contributed by atoms with Crippen LogP contribution in [0, 0.1) is 0 Å². The number of hydrogen-bond acceptors (Lipinski definition) is 2. The molecule has 0 radical (unpaired) electrons. The molecule has 0 fully saturated rings. The van der Waals surface area contributed by atoms with Gasteiger partial charge >= 0.3 is 0 Å². The first kappa shape index (κ1) is 17.8. The second-order valence-corrected chi connectivity index (χ2v) is 7.47. The molecule has 0 aliphatic rings. The number of halogens is 2. The van der Waals surface area contributed by atoms with Crippen LogP contribution in [0.3, 0.4) is 0 Å². The Morgan fingerprint density at radius 3 is 2.55 bits per heavy atom. The van der Waals surface area contributed by atoms with Crippen LogP contribution in [0.1, 0.15) is 46.0 Å². The van der Waals surface area contributed by atoms with Crippen molar-refractivity contribution < 1.29 is 8.42 Å². The van der Waals surface area contributed by atoms with E-state index in [2.05, 4.69) is 11.6 Å². The van der Waals surface area contributed by atoms with Crippen LogP contribution in [-0.4, -0.2) is 14.5 Å². The second-order valence-electron chi connectivity index (χ2n) is 4.95. The van der Waals surface area contributed by atoms with Gasteiger partial charge in [0.1, 0.15) is 4.90 Å². The van der Waals surface area contributed by atoms with E-state index >= 15 is 0 Å². The summed E-state index contributed by atoms with van der Waals surface area (Å²) in [7, 11) is -3.62. The Hall–Kier alpha value is -0.290. The van der Waals surface area contributed by atoms with Gasteiger partial charge in [-0.15, -0.1) is 0 Å². The number of nitrogens with one attached hydrogen (secondary N) is 1. The maximum absolute atomic E-state index is 12.3. The maximum Gasteiger partial charge on any atom is 0.242 e. The van der Waals surface area contributed by atoms with Crippen LogP contribution in [0.15, 0.2) is 23.1 Å². The molecule has 3 nitrogen and oxygen atoms in total. The normalized spacial score (nSPS) is 13.4. The fourth-order valence-electron chi connectivity index (χ4n) is 1.95. The Balaban J connectivity index is 2.67. The Kier molecular flexibility index (Phi) is 7.30. The number of sulfonamides is 1. The Bertz CT molecular complexity index is 532. The molecule has 0 spiro atoms. The zero-order valence-corrected chi connectivity index (χ0v) is 14.2. The maximum atomic E-state index is 12.3. The standard InChI is InChI=1S/C14H21Cl2NO2S/c1-3-4-5-6-7-11(2)17-20(18,19)14-10-12(15)8-9-13(14)16/h8-11,17H,3-7H2,1-2H3. The van der Waals surface area contributed by atoms with E-state index in [4.69, 9.17) is 23.2 Å². The predicted molar refractivity (Wildman–Crippen MR) is 85.0 cm³/mol. The zero-order chi connectivity index (χ0) is 15.2. The van der Waals surface area contributed by atoms with Crippen molar-refractivity contribution in [1.82, 2.24) is 4.72 Å². The summed E-state index contributed by atoms with van der Waals surface area (Å²) in [6, 6.07) is 4.31. The van der Waals surface area contributed by atoms with Crippen LogP contribution in [0.2, 0.25) is 10.0 Å². The van der Waals surface area contributed by atoms with Crippen molar-refractivity contribution >= 4 is 33.2 Å². The van der Waals surface area contributed by atoms with Crippen molar-refractivity contribution in [2.45, 2.75) is 56.9 Å². The third-order valence-electron chi connectivity index (χ3n) is 3.03. The summed E-state index contributed by atoms with van der Waals surface area (Å²) in [6.45, 7) is 4.01. The lowest BCUT2D eigenvalue weighted by Crippen LogP contribution is -2.32. The summed E-state index contributed by atoms with van der Waals surface area (Å²) in [4.78, 5) is 0.0343. The van der Waals surface area contributed by atoms with E-state index in [9.17, 15) is 8.42 Å². The number of benzene rings is 1. The molecule has 114 valence electrons. The largest absolute Gasteiger partial charge is 0.242 e. The highest BCUT2D eigenvalue weighted by atomic mass is 35.5. The van der Waals surface area contributed by atoms with Gasteiger partial charge in [-0.1, -0.05) is 55.8 Å². The van der Waals surface area contributed by atoms with Crippen molar-refractivity contribution in [2.24, 2.45) is 0 Å². The lowest BCUT2D eigenvalue weighted by Gasteiger charge is -2.15. The van der Waals surface area contributed by atoms with Crippen molar-refractivity contribution in [1.29, 1.82) is 0 Å². The van der Waals surface area contributed by atoms with Gasteiger partial charge in [0.25, 0.3) is 0 Å². The summed E-state index contributed by atoms with van der Waals surface area (Å²) in [5, 5.41) is 0.533. The minimum absolute atomic E-state index is 0.0343. The number of unbranched alkanes of at least 4 members (excludes halogenated alkanes) is 3. The minimum Gasteiger partial charge on any atom is -0.208 e. The molecule has 1 unspecified atom stereocenters. The highest BCUT2D eigenvalue weighted by Gasteiger charge is 2.20. The monoisotopic (exact) mass is 337 g/mol. The van der Waals surface area contributed by atoms with E-state index in [0.29, 0.717) is 5.02 Å². The van der Waals surface area contributed by atoms with Gasteiger partial charge in [0.2, 0.25) is 10.0 Å². The third kappa shape index (κ3) is 5.60. The van der Waals surface area contributed by atoms with Gasteiger partial charge in [-0.05, 0) is 31.5 Å². The van der Waals surface area contributed by atoms with E-state index in [0.717, 1.165) is 25.7 Å². The minimum atomic E-state index is -3.62. The van der Waals surface area contributed by atoms with Gasteiger partial charge in [0, 0.05) is 11.1 Å². The topological polar surface area (TPSA) is 46.2 Å². The number of hydrogen-bond donors (Lipinski definition) is 1.